The summed E-state index contributed by atoms with van der Waals surface area (Å²) < 4.78 is 1.83. The average molecular weight is 265 g/mol. The van der Waals surface area contributed by atoms with Crippen LogP contribution in [0.25, 0.3) is 5.65 Å². The molecule has 0 fully saturated rings. The Bertz CT molecular complexity index is 789. The second-order valence-electron chi connectivity index (χ2n) is 4.86. The number of hydrogen-bond acceptors (Lipinski definition) is 2. The van der Waals surface area contributed by atoms with Crippen LogP contribution >= 0.6 is 0 Å². The molecule has 2 heterocycles. The minimum Gasteiger partial charge on any atom is -0.322 e. The van der Waals surface area contributed by atoms with E-state index in [2.05, 4.69) is 10.3 Å². The minimum absolute atomic E-state index is 0.121. The first-order valence-corrected chi connectivity index (χ1v) is 6.45. The molecule has 1 aromatic carbocycles. The van der Waals surface area contributed by atoms with E-state index in [0.717, 1.165) is 16.9 Å². The highest BCUT2D eigenvalue weighted by atomic mass is 16.1. The number of anilines is 1. The molecule has 100 valence electrons. The summed E-state index contributed by atoms with van der Waals surface area (Å²) in [6.07, 6.45) is 5.31. The van der Waals surface area contributed by atoms with Gasteiger partial charge in [0.25, 0.3) is 5.91 Å². The van der Waals surface area contributed by atoms with Crippen molar-refractivity contribution in [1.82, 2.24) is 9.38 Å². The molecular formula is C16H15N3O. The number of benzene rings is 1. The van der Waals surface area contributed by atoms with Crippen LogP contribution in [0.5, 0.6) is 0 Å². The highest BCUT2D eigenvalue weighted by molar-refractivity contribution is 6.04. The van der Waals surface area contributed by atoms with E-state index in [0.29, 0.717) is 5.56 Å². The molecule has 0 saturated heterocycles. The predicted molar refractivity (Wildman–Crippen MR) is 79.1 cm³/mol. The first-order valence-electron chi connectivity index (χ1n) is 6.45. The van der Waals surface area contributed by atoms with Crippen molar-refractivity contribution in [3.8, 4) is 0 Å². The van der Waals surface area contributed by atoms with E-state index in [1.165, 1.54) is 5.56 Å². The van der Waals surface area contributed by atoms with Gasteiger partial charge in [-0.3, -0.25) is 4.79 Å². The molecule has 0 atom stereocenters. The molecule has 4 nitrogen and oxygen atoms in total. The Morgan fingerprint density at radius 1 is 1.15 bits per heavy atom. The van der Waals surface area contributed by atoms with Crippen molar-refractivity contribution >= 4 is 17.2 Å². The maximum absolute atomic E-state index is 12.2. The average Bonchev–Trinajstić information content (AvgIpc) is 2.90. The van der Waals surface area contributed by atoms with Crippen molar-refractivity contribution in [3.63, 3.8) is 0 Å². The van der Waals surface area contributed by atoms with Gasteiger partial charge in [0.1, 0.15) is 5.65 Å². The third-order valence-corrected chi connectivity index (χ3v) is 3.42. The van der Waals surface area contributed by atoms with Crippen LogP contribution in [0.15, 0.2) is 48.9 Å². The van der Waals surface area contributed by atoms with E-state index in [1.807, 2.05) is 48.7 Å². The standard InChI is InChI=1S/C16H15N3O/c1-11-3-5-14(9-12(11)2)18-16(20)13-4-6-15-17-7-8-19(15)10-13/h3-10H,1-2H3,(H,18,20). The normalized spacial score (nSPS) is 10.7. The van der Waals surface area contributed by atoms with Crippen LogP contribution in [0.3, 0.4) is 0 Å². The fraction of sp³-hybridized carbons (Fsp3) is 0.125. The summed E-state index contributed by atoms with van der Waals surface area (Å²) >= 11 is 0. The van der Waals surface area contributed by atoms with Crippen LogP contribution in [-0.2, 0) is 0 Å². The number of imidazole rings is 1. The van der Waals surface area contributed by atoms with Crippen molar-refractivity contribution in [2.75, 3.05) is 5.32 Å². The van der Waals surface area contributed by atoms with Gasteiger partial charge in [-0.2, -0.15) is 0 Å². The molecule has 0 bridgehead atoms. The lowest BCUT2D eigenvalue weighted by molar-refractivity contribution is 0.102. The number of hydrogen-bond donors (Lipinski definition) is 1. The molecular weight excluding hydrogens is 250 g/mol. The molecule has 0 unspecified atom stereocenters. The van der Waals surface area contributed by atoms with E-state index in [1.54, 1.807) is 18.5 Å². The summed E-state index contributed by atoms with van der Waals surface area (Å²) in [5.41, 5.74) is 4.61. The maximum Gasteiger partial charge on any atom is 0.257 e. The van der Waals surface area contributed by atoms with Crippen LogP contribution < -0.4 is 5.32 Å². The van der Waals surface area contributed by atoms with Crippen LogP contribution in [0.4, 0.5) is 5.69 Å². The zero-order chi connectivity index (χ0) is 14.1. The lowest BCUT2D eigenvalue weighted by atomic mass is 10.1. The predicted octanol–water partition coefficient (Wildman–Crippen LogP) is 3.20. The van der Waals surface area contributed by atoms with Gasteiger partial charge in [-0.25, -0.2) is 4.98 Å². The van der Waals surface area contributed by atoms with Crippen molar-refractivity contribution < 1.29 is 4.79 Å². The quantitative estimate of drug-likeness (QED) is 0.773. The van der Waals surface area contributed by atoms with Gasteiger partial charge in [-0.15, -0.1) is 0 Å². The molecule has 0 aliphatic carbocycles. The van der Waals surface area contributed by atoms with Gasteiger partial charge in [0.15, 0.2) is 0 Å². The Balaban J connectivity index is 1.86. The number of pyridine rings is 1. The van der Waals surface area contributed by atoms with E-state index >= 15 is 0 Å². The Morgan fingerprint density at radius 2 is 2.00 bits per heavy atom. The maximum atomic E-state index is 12.2. The van der Waals surface area contributed by atoms with Crippen molar-refractivity contribution in [2.24, 2.45) is 0 Å². The Kier molecular flexibility index (Phi) is 2.99. The Labute approximate surface area is 117 Å². The van der Waals surface area contributed by atoms with Gasteiger partial charge < -0.3 is 9.72 Å². The number of carbonyl (C=O) groups excluding carboxylic acids is 1. The molecule has 4 heteroatoms. The Hall–Kier alpha value is -2.62. The Morgan fingerprint density at radius 3 is 2.80 bits per heavy atom. The molecule has 1 amide bonds. The summed E-state index contributed by atoms with van der Waals surface area (Å²) in [5.74, 6) is -0.121. The fourth-order valence-corrected chi connectivity index (χ4v) is 2.08. The van der Waals surface area contributed by atoms with Gasteiger partial charge in [-0.1, -0.05) is 6.07 Å². The van der Waals surface area contributed by atoms with Gasteiger partial charge in [0.05, 0.1) is 5.56 Å². The van der Waals surface area contributed by atoms with E-state index in [-0.39, 0.29) is 5.91 Å². The first-order chi connectivity index (χ1) is 9.63. The number of nitrogens with one attached hydrogen (secondary N) is 1. The van der Waals surface area contributed by atoms with Crippen LogP contribution in [0.2, 0.25) is 0 Å². The minimum atomic E-state index is -0.121. The lowest BCUT2D eigenvalue weighted by Crippen LogP contribution is -2.12. The summed E-state index contributed by atoms with van der Waals surface area (Å²) in [4.78, 5) is 16.4. The summed E-state index contributed by atoms with van der Waals surface area (Å²) in [7, 11) is 0. The van der Waals surface area contributed by atoms with Gasteiger partial charge >= 0.3 is 0 Å². The van der Waals surface area contributed by atoms with Crippen LogP contribution in [0, 0.1) is 13.8 Å². The van der Waals surface area contributed by atoms with Gasteiger partial charge in [0.2, 0.25) is 0 Å². The number of aryl methyl sites for hydroxylation is 2. The zero-order valence-corrected chi connectivity index (χ0v) is 11.4. The number of rotatable bonds is 2. The molecule has 20 heavy (non-hydrogen) atoms. The topological polar surface area (TPSA) is 46.4 Å². The SMILES string of the molecule is Cc1ccc(NC(=O)c2ccc3nccn3c2)cc1C. The largest absolute Gasteiger partial charge is 0.322 e. The third kappa shape index (κ3) is 2.28. The lowest BCUT2D eigenvalue weighted by Gasteiger charge is -2.08. The number of carbonyl (C=O) groups is 1. The summed E-state index contributed by atoms with van der Waals surface area (Å²) in [5, 5.41) is 2.91. The molecule has 0 radical (unpaired) electrons. The van der Waals surface area contributed by atoms with Crippen LogP contribution in [-0.4, -0.2) is 15.3 Å². The molecule has 3 rings (SSSR count). The number of fused-ring (bicyclic) bond motifs is 1. The number of amides is 1. The second kappa shape index (κ2) is 4.81. The summed E-state index contributed by atoms with van der Waals surface area (Å²) in [6, 6.07) is 9.50. The molecule has 1 N–H and O–H groups in total. The van der Waals surface area contributed by atoms with Gasteiger partial charge in [0, 0.05) is 24.3 Å². The zero-order valence-electron chi connectivity index (χ0n) is 11.4. The number of nitrogens with zero attached hydrogens (tertiary/aromatic N) is 2. The second-order valence-corrected chi connectivity index (χ2v) is 4.86. The molecule has 0 spiro atoms. The van der Waals surface area contributed by atoms with Crippen molar-refractivity contribution in [1.29, 1.82) is 0 Å². The van der Waals surface area contributed by atoms with Gasteiger partial charge in [-0.05, 0) is 49.2 Å². The molecule has 0 aliphatic rings. The molecule has 0 saturated carbocycles. The van der Waals surface area contributed by atoms with Crippen LogP contribution in [0.1, 0.15) is 21.5 Å². The first kappa shape index (κ1) is 12.4. The highest BCUT2D eigenvalue weighted by Crippen LogP contribution is 2.15. The van der Waals surface area contributed by atoms with Crippen molar-refractivity contribution in [3.05, 3.63) is 65.6 Å². The molecule has 2 aromatic heterocycles. The third-order valence-electron chi connectivity index (χ3n) is 3.42. The van der Waals surface area contributed by atoms with E-state index < -0.39 is 0 Å². The smallest absolute Gasteiger partial charge is 0.257 e. The monoisotopic (exact) mass is 265 g/mol. The van der Waals surface area contributed by atoms with E-state index in [9.17, 15) is 4.79 Å². The molecule has 3 aromatic rings. The summed E-state index contributed by atoms with van der Waals surface area (Å²) in [6.45, 7) is 4.08. The fourth-order valence-electron chi connectivity index (χ4n) is 2.08. The van der Waals surface area contributed by atoms with E-state index in [4.69, 9.17) is 0 Å². The molecule has 0 aliphatic heterocycles. The highest BCUT2D eigenvalue weighted by Gasteiger charge is 2.07. The number of aromatic nitrogens is 2. The van der Waals surface area contributed by atoms with Crippen molar-refractivity contribution in [2.45, 2.75) is 13.8 Å².